The van der Waals surface area contributed by atoms with E-state index in [9.17, 15) is 17.6 Å². The second-order valence-corrected chi connectivity index (χ2v) is 8.82. The van der Waals surface area contributed by atoms with Crippen LogP contribution >= 0.6 is 0 Å². The number of esters is 1. The van der Waals surface area contributed by atoms with Gasteiger partial charge in [0.1, 0.15) is 11.9 Å². The van der Waals surface area contributed by atoms with Gasteiger partial charge >= 0.3 is 5.97 Å². The first-order chi connectivity index (χ1) is 10.8. The molecule has 2 aliphatic carbocycles. The minimum Gasteiger partial charge on any atom is -0.462 e. The first-order valence-corrected chi connectivity index (χ1v) is 9.69. The van der Waals surface area contributed by atoms with Crippen LogP contribution in [0.4, 0.5) is 4.39 Å². The van der Waals surface area contributed by atoms with Gasteiger partial charge in [-0.25, -0.2) is 12.8 Å². The molecule has 1 aromatic carbocycles. The van der Waals surface area contributed by atoms with Gasteiger partial charge in [0.25, 0.3) is 0 Å². The molecule has 0 heterocycles. The standard InChI is InChI=1S/C17H21FO4S/c1-11(10-23(20,21)15-6-4-14(18)5-7-15)17(19)22-16-9-12-2-3-13(16)8-12/h4-7,11-13,16H,2-3,8-10H2,1H3/t11-,12+,13+,16-/m1/s1. The molecule has 0 aromatic heterocycles. The molecule has 2 fully saturated rings. The topological polar surface area (TPSA) is 60.4 Å². The Kier molecular flexibility index (Phi) is 4.45. The summed E-state index contributed by atoms with van der Waals surface area (Å²) in [6, 6.07) is 4.65. The number of rotatable bonds is 5. The number of halogens is 1. The van der Waals surface area contributed by atoms with Crippen molar-refractivity contribution in [2.24, 2.45) is 17.8 Å². The fraction of sp³-hybridized carbons (Fsp3) is 0.588. The summed E-state index contributed by atoms with van der Waals surface area (Å²) in [6.45, 7) is 1.57. The lowest BCUT2D eigenvalue weighted by Gasteiger charge is -2.23. The maximum Gasteiger partial charge on any atom is 0.309 e. The summed E-state index contributed by atoms with van der Waals surface area (Å²) in [5, 5.41) is 0. The molecule has 0 amide bonds. The SMILES string of the molecule is C[C@H](CS(=O)(=O)c1ccc(F)cc1)C(=O)O[C@@H]1C[C@H]2CC[C@H]1C2. The summed E-state index contributed by atoms with van der Waals surface area (Å²) >= 11 is 0. The number of carbonyl (C=O) groups is 1. The third kappa shape index (κ3) is 3.57. The number of hydrogen-bond acceptors (Lipinski definition) is 4. The van der Waals surface area contributed by atoms with Gasteiger partial charge in [-0.05, 0) is 61.8 Å². The molecule has 23 heavy (non-hydrogen) atoms. The molecule has 0 N–H and O–H groups in total. The molecule has 0 saturated heterocycles. The Morgan fingerprint density at radius 3 is 2.52 bits per heavy atom. The van der Waals surface area contributed by atoms with Gasteiger partial charge in [-0.3, -0.25) is 4.79 Å². The van der Waals surface area contributed by atoms with Crippen molar-refractivity contribution in [2.45, 2.75) is 43.6 Å². The van der Waals surface area contributed by atoms with E-state index >= 15 is 0 Å². The van der Waals surface area contributed by atoms with Crippen LogP contribution in [-0.4, -0.2) is 26.2 Å². The van der Waals surface area contributed by atoms with Crippen molar-refractivity contribution in [3.05, 3.63) is 30.1 Å². The summed E-state index contributed by atoms with van der Waals surface area (Å²) < 4.78 is 43.0. The Morgan fingerprint density at radius 1 is 1.26 bits per heavy atom. The van der Waals surface area contributed by atoms with Crippen molar-refractivity contribution < 1.29 is 22.3 Å². The van der Waals surface area contributed by atoms with E-state index in [0.717, 1.165) is 31.4 Å². The minimum absolute atomic E-state index is 0.0264. The minimum atomic E-state index is -3.63. The number of ether oxygens (including phenoxy) is 1. The lowest BCUT2D eigenvalue weighted by molar-refractivity contribution is -0.155. The van der Waals surface area contributed by atoms with Gasteiger partial charge in [0.15, 0.2) is 9.84 Å². The normalized spacial score (nSPS) is 27.8. The number of carbonyl (C=O) groups excluding carboxylic acids is 1. The van der Waals surface area contributed by atoms with E-state index in [1.807, 2.05) is 0 Å². The molecule has 6 heteroatoms. The van der Waals surface area contributed by atoms with Gasteiger partial charge in [0.05, 0.1) is 16.6 Å². The van der Waals surface area contributed by atoms with E-state index in [1.54, 1.807) is 6.92 Å². The third-order valence-electron chi connectivity index (χ3n) is 4.99. The van der Waals surface area contributed by atoms with Crippen LogP contribution in [0.25, 0.3) is 0 Å². The van der Waals surface area contributed by atoms with Crippen molar-refractivity contribution in [3.8, 4) is 0 Å². The van der Waals surface area contributed by atoms with Crippen molar-refractivity contribution in [2.75, 3.05) is 5.75 Å². The van der Waals surface area contributed by atoms with E-state index in [2.05, 4.69) is 0 Å². The highest BCUT2D eigenvalue weighted by atomic mass is 32.2. The predicted molar refractivity (Wildman–Crippen MR) is 82.9 cm³/mol. The summed E-state index contributed by atoms with van der Waals surface area (Å²) in [4.78, 5) is 12.2. The highest BCUT2D eigenvalue weighted by Crippen LogP contribution is 2.46. The lowest BCUT2D eigenvalue weighted by Crippen LogP contribution is -2.30. The first-order valence-electron chi connectivity index (χ1n) is 8.04. The van der Waals surface area contributed by atoms with E-state index < -0.39 is 27.5 Å². The molecule has 2 bridgehead atoms. The predicted octanol–water partition coefficient (Wildman–Crippen LogP) is 2.97. The Balaban J connectivity index is 1.60. The molecule has 0 spiro atoms. The molecular weight excluding hydrogens is 319 g/mol. The van der Waals surface area contributed by atoms with E-state index in [4.69, 9.17) is 4.74 Å². The monoisotopic (exact) mass is 340 g/mol. The van der Waals surface area contributed by atoms with Crippen LogP contribution < -0.4 is 0 Å². The molecule has 2 saturated carbocycles. The van der Waals surface area contributed by atoms with Crippen LogP contribution in [0.5, 0.6) is 0 Å². The number of fused-ring (bicyclic) bond motifs is 2. The zero-order valence-electron chi connectivity index (χ0n) is 13.1. The van der Waals surface area contributed by atoms with Gasteiger partial charge in [0, 0.05) is 0 Å². The molecule has 1 aromatic rings. The van der Waals surface area contributed by atoms with Crippen LogP contribution in [0, 0.1) is 23.6 Å². The maximum absolute atomic E-state index is 12.9. The van der Waals surface area contributed by atoms with Crippen molar-refractivity contribution >= 4 is 15.8 Å². The first kappa shape index (κ1) is 16.4. The Morgan fingerprint density at radius 2 is 1.96 bits per heavy atom. The van der Waals surface area contributed by atoms with E-state index in [0.29, 0.717) is 11.8 Å². The second-order valence-electron chi connectivity index (χ2n) is 6.79. The van der Waals surface area contributed by atoms with Gasteiger partial charge < -0.3 is 4.74 Å². The van der Waals surface area contributed by atoms with Gasteiger partial charge in [0.2, 0.25) is 0 Å². The quantitative estimate of drug-likeness (QED) is 0.611. The molecular formula is C17H21FO4S. The van der Waals surface area contributed by atoms with Crippen LogP contribution in [-0.2, 0) is 19.4 Å². The number of benzene rings is 1. The molecule has 126 valence electrons. The van der Waals surface area contributed by atoms with Crippen LogP contribution in [0.2, 0.25) is 0 Å². The molecule has 4 atom stereocenters. The highest BCUT2D eigenvalue weighted by molar-refractivity contribution is 7.91. The van der Waals surface area contributed by atoms with Crippen molar-refractivity contribution in [3.63, 3.8) is 0 Å². The second kappa shape index (κ2) is 6.23. The number of sulfone groups is 1. The van der Waals surface area contributed by atoms with E-state index in [1.165, 1.54) is 18.6 Å². The highest BCUT2D eigenvalue weighted by Gasteiger charge is 2.42. The zero-order chi connectivity index (χ0) is 16.6. The number of hydrogen-bond donors (Lipinski definition) is 0. The lowest BCUT2D eigenvalue weighted by atomic mass is 9.97. The summed E-state index contributed by atoms with van der Waals surface area (Å²) in [5.41, 5.74) is 0. The summed E-state index contributed by atoms with van der Waals surface area (Å²) in [7, 11) is -3.63. The van der Waals surface area contributed by atoms with Gasteiger partial charge in [-0.2, -0.15) is 0 Å². The zero-order valence-corrected chi connectivity index (χ0v) is 13.9. The smallest absolute Gasteiger partial charge is 0.309 e. The Labute approximate surface area is 136 Å². The summed E-state index contributed by atoms with van der Waals surface area (Å²) in [5.74, 6) is -0.885. The fourth-order valence-corrected chi connectivity index (χ4v) is 5.27. The maximum atomic E-state index is 12.9. The average Bonchev–Trinajstić information content (AvgIpc) is 3.09. The van der Waals surface area contributed by atoms with Crippen molar-refractivity contribution in [1.29, 1.82) is 0 Å². The van der Waals surface area contributed by atoms with Gasteiger partial charge in [-0.15, -0.1) is 0 Å². The molecule has 2 aliphatic rings. The average molecular weight is 340 g/mol. The molecule has 4 nitrogen and oxygen atoms in total. The molecule has 0 unspecified atom stereocenters. The molecule has 0 aliphatic heterocycles. The Hall–Kier alpha value is -1.43. The molecule has 3 rings (SSSR count). The Bertz CT molecular complexity index is 683. The third-order valence-corrected chi connectivity index (χ3v) is 6.91. The fourth-order valence-electron chi connectivity index (χ4n) is 3.73. The van der Waals surface area contributed by atoms with Crippen LogP contribution in [0.3, 0.4) is 0 Å². The van der Waals surface area contributed by atoms with Crippen molar-refractivity contribution in [1.82, 2.24) is 0 Å². The largest absolute Gasteiger partial charge is 0.462 e. The van der Waals surface area contributed by atoms with E-state index in [-0.39, 0.29) is 16.8 Å². The summed E-state index contributed by atoms with van der Waals surface area (Å²) in [6.07, 6.45) is 4.31. The van der Waals surface area contributed by atoms with Crippen LogP contribution in [0.1, 0.15) is 32.6 Å². The van der Waals surface area contributed by atoms with Gasteiger partial charge in [-0.1, -0.05) is 6.92 Å². The van der Waals surface area contributed by atoms with Crippen LogP contribution in [0.15, 0.2) is 29.2 Å². The molecule has 0 radical (unpaired) electrons.